The Balaban J connectivity index is 0.00000218. The number of aliphatic hydroxyl groups excluding tert-OH is 1. The van der Waals surface area contributed by atoms with Crippen LogP contribution in [0.25, 0.3) is 0 Å². The number of benzene rings is 2. The molecule has 0 aromatic heterocycles. The Morgan fingerprint density at radius 1 is 0.833 bits per heavy atom. The highest BCUT2D eigenvalue weighted by Crippen LogP contribution is 2.39. The van der Waals surface area contributed by atoms with Gasteiger partial charge in [-0.3, -0.25) is 0 Å². The van der Waals surface area contributed by atoms with E-state index >= 15 is 0 Å². The summed E-state index contributed by atoms with van der Waals surface area (Å²) in [6, 6.07) is 20.8. The topological polar surface area (TPSA) is 38.7 Å². The molecule has 2 aromatic carbocycles. The van der Waals surface area contributed by atoms with Crippen LogP contribution in [-0.4, -0.2) is 36.9 Å². The number of hydrogen-bond donors (Lipinski definition) is 1. The largest absolute Gasteiger partial charge is 0.396 e. The first kappa shape index (κ1) is 27.6. The highest BCUT2D eigenvalue weighted by atomic mass is 32.2. The summed E-state index contributed by atoms with van der Waals surface area (Å²) in [5.74, 6) is 0.817. The minimum atomic E-state index is -0.355. The zero-order valence-electron chi connectivity index (χ0n) is 18.9. The van der Waals surface area contributed by atoms with Crippen molar-refractivity contribution >= 4 is 29.4 Å². The molecular formula is C24H38O3P2S. The van der Waals surface area contributed by atoms with Crippen molar-refractivity contribution in [2.75, 3.05) is 31.8 Å². The lowest BCUT2D eigenvalue weighted by Gasteiger charge is -2.31. The van der Waals surface area contributed by atoms with Gasteiger partial charge in [0.25, 0.3) is 0 Å². The second-order valence-electron chi connectivity index (χ2n) is 7.17. The molecular weight excluding hydrogens is 430 g/mol. The maximum Gasteiger partial charge on any atom is 0.0614 e. The molecule has 0 spiro atoms. The van der Waals surface area contributed by atoms with E-state index in [1.165, 1.54) is 11.1 Å². The van der Waals surface area contributed by atoms with E-state index < -0.39 is 0 Å². The summed E-state index contributed by atoms with van der Waals surface area (Å²) in [6.07, 6.45) is 2.06. The summed E-state index contributed by atoms with van der Waals surface area (Å²) in [7, 11) is 0.738. The van der Waals surface area contributed by atoms with Crippen LogP contribution in [-0.2, 0) is 9.05 Å². The Labute approximate surface area is 191 Å². The monoisotopic (exact) mass is 468 g/mol. The Morgan fingerprint density at radius 2 is 1.23 bits per heavy atom. The Morgan fingerprint density at radius 3 is 1.57 bits per heavy atom. The smallest absolute Gasteiger partial charge is 0.0614 e. The van der Waals surface area contributed by atoms with Gasteiger partial charge in [0.1, 0.15) is 0 Å². The third-order valence-corrected chi connectivity index (χ3v) is 7.56. The van der Waals surface area contributed by atoms with Gasteiger partial charge in [0, 0.05) is 40.1 Å². The van der Waals surface area contributed by atoms with Crippen molar-refractivity contribution in [2.24, 2.45) is 5.41 Å². The highest BCUT2D eigenvalue weighted by molar-refractivity contribution is 7.98. The third kappa shape index (κ3) is 9.77. The minimum Gasteiger partial charge on any atom is -0.396 e. The third-order valence-electron chi connectivity index (χ3n) is 4.66. The second kappa shape index (κ2) is 16.2. The summed E-state index contributed by atoms with van der Waals surface area (Å²) in [5.41, 5.74) is 2.93. The van der Waals surface area contributed by atoms with Crippen LogP contribution in [0.15, 0.2) is 60.7 Å². The SMILES string of the molecule is CC.CSCC(CO)(COPC(C)c1ccccc1)COPC(C)c1ccccc1. The van der Waals surface area contributed by atoms with Gasteiger partial charge < -0.3 is 14.2 Å². The van der Waals surface area contributed by atoms with Gasteiger partial charge in [0.15, 0.2) is 0 Å². The van der Waals surface area contributed by atoms with Crippen LogP contribution in [0.2, 0.25) is 0 Å². The average molecular weight is 469 g/mol. The van der Waals surface area contributed by atoms with E-state index in [0.29, 0.717) is 42.1 Å². The van der Waals surface area contributed by atoms with E-state index in [9.17, 15) is 5.11 Å². The lowest BCUT2D eigenvalue weighted by Crippen LogP contribution is -2.37. The van der Waals surface area contributed by atoms with Crippen LogP contribution in [0.3, 0.4) is 0 Å². The van der Waals surface area contributed by atoms with Crippen molar-refractivity contribution in [2.45, 2.75) is 39.0 Å². The van der Waals surface area contributed by atoms with E-state index in [1.807, 2.05) is 26.0 Å². The summed E-state index contributed by atoms with van der Waals surface area (Å²) in [6.45, 7) is 9.47. The quantitative estimate of drug-likeness (QED) is 0.318. The van der Waals surface area contributed by atoms with E-state index in [1.54, 1.807) is 11.8 Å². The number of thioether (sulfide) groups is 1. The van der Waals surface area contributed by atoms with Gasteiger partial charge in [-0.2, -0.15) is 11.8 Å². The summed E-state index contributed by atoms with van der Waals surface area (Å²) < 4.78 is 12.2. The zero-order chi connectivity index (χ0) is 22.2. The molecule has 3 nitrogen and oxygen atoms in total. The van der Waals surface area contributed by atoms with Crippen LogP contribution >= 0.6 is 29.4 Å². The fourth-order valence-corrected chi connectivity index (χ4v) is 5.63. The molecule has 0 aliphatic heterocycles. The first-order valence-electron chi connectivity index (χ1n) is 10.5. The van der Waals surface area contributed by atoms with E-state index in [4.69, 9.17) is 9.05 Å². The van der Waals surface area contributed by atoms with Crippen LogP contribution in [0.5, 0.6) is 0 Å². The van der Waals surface area contributed by atoms with Gasteiger partial charge in [-0.1, -0.05) is 88.4 Å². The van der Waals surface area contributed by atoms with E-state index in [-0.39, 0.29) is 12.0 Å². The van der Waals surface area contributed by atoms with E-state index in [0.717, 1.165) is 5.75 Å². The standard InChI is InChI=1S/C22H32O3P2S.C2H6/c1-18(20-10-6-4-7-11-20)26-24-15-22(14-23,17-28-3)16-25-27-19(2)21-12-8-5-9-13-21;1-2/h4-13,18-19,23,26-27H,14-17H2,1-3H3;1-2H3. The van der Waals surface area contributed by atoms with Crippen molar-refractivity contribution in [3.63, 3.8) is 0 Å². The van der Waals surface area contributed by atoms with Crippen molar-refractivity contribution in [3.05, 3.63) is 71.8 Å². The lowest BCUT2D eigenvalue weighted by molar-refractivity contribution is 0.0519. The number of hydrogen-bond acceptors (Lipinski definition) is 4. The molecule has 4 unspecified atom stereocenters. The van der Waals surface area contributed by atoms with Gasteiger partial charge in [0.05, 0.1) is 19.8 Å². The number of aliphatic hydroxyl groups is 1. The molecule has 0 saturated heterocycles. The molecule has 0 saturated carbocycles. The van der Waals surface area contributed by atoms with Crippen LogP contribution in [0.1, 0.15) is 50.1 Å². The average Bonchev–Trinajstić information content (AvgIpc) is 2.81. The second-order valence-corrected chi connectivity index (χ2v) is 10.8. The molecule has 4 atom stereocenters. The van der Waals surface area contributed by atoms with Crippen molar-refractivity contribution in [3.8, 4) is 0 Å². The van der Waals surface area contributed by atoms with E-state index in [2.05, 4.69) is 68.6 Å². The van der Waals surface area contributed by atoms with Crippen molar-refractivity contribution in [1.29, 1.82) is 0 Å². The van der Waals surface area contributed by atoms with Crippen LogP contribution in [0, 0.1) is 5.41 Å². The minimum absolute atomic E-state index is 0.0717. The molecule has 0 aliphatic carbocycles. The lowest BCUT2D eigenvalue weighted by atomic mass is 9.94. The maximum absolute atomic E-state index is 10.1. The first-order valence-corrected chi connectivity index (χ1v) is 13.9. The molecule has 168 valence electrons. The van der Waals surface area contributed by atoms with Gasteiger partial charge in [-0.25, -0.2) is 0 Å². The zero-order valence-corrected chi connectivity index (χ0v) is 21.7. The summed E-state index contributed by atoms with van der Waals surface area (Å²) in [4.78, 5) is 0. The molecule has 2 rings (SSSR count). The molecule has 0 radical (unpaired) electrons. The molecule has 0 heterocycles. The number of rotatable bonds is 13. The molecule has 0 amide bonds. The van der Waals surface area contributed by atoms with Gasteiger partial charge >= 0.3 is 0 Å². The van der Waals surface area contributed by atoms with Crippen LogP contribution < -0.4 is 0 Å². The van der Waals surface area contributed by atoms with Gasteiger partial charge in [-0.15, -0.1) is 0 Å². The summed E-state index contributed by atoms with van der Waals surface area (Å²) in [5, 5.41) is 10.1. The highest BCUT2D eigenvalue weighted by Gasteiger charge is 2.31. The predicted octanol–water partition coefficient (Wildman–Crippen LogP) is 7.10. The Hall–Kier alpha value is -0.470. The fraction of sp³-hybridized carbons (Fsp3) is 0.500. The van der Waals surface area contributed by atoms with Crippen molar-refractivity contribution < 1.29 is 14.2 Å². The molecule has 6 heteroatoms. The molecule has 2 aromatic rings. The first-order chi connectivity index (χ1) is 14.6. The van der Waals surface area contributed by atoms with Gasteiger partial charge in [-0.05, 0) is 17.4 Å². The maximum atomic E-state index is 10.1. The summed E-state index contributed by atoms with van der Waals surface area (Å²) >= 11 is 1.73. The molecule has 0 bridgehead atoms. The molecule has 0 aliphatic rings. The Kier molecular flexibility index (Phi) is 14.9. The predicted molar refractivity (Wildman–Crippen MR) is 137 cm³/mol. The fourth-order valence-electron chi connectivity index (χ4n) is 2.83. The van der Waals surface area contributed by atoms with Gasteiger partial charge in [0.2, 0.25) is 0 Å². The normalized spacial score (nSPS) is 15.7. The molecule has 30 heavy (non-hydrogen) atoms. The molecule has 0 fully saturated rings. The Bertz CT molecular complexity index is 607. The molecule has 1 N–H and O–H groups in total. The van der Waals surface area contributed by atoms with Crippen LogP contribution in [0.4, 0.5) is 0 Å². The van der Waals surface area contributed by atoms with Crippen molar-refractivity contribution in [1.82, 2.24) is 0 Å².